The van der Waals surface area contributed by atoms with Crippen molar-refractivity contribution in [2.24, 2.45) is 0 Å². The second-order valence-corrected chi connectivity index (χ2v) is 8.55. The van der Waals surface area contributed by atoms with E-state index < -0.39 is 17.7 Å². The Bertz CT molecular complexity index is 1130. The van der Waals surface area contributed by atoms with Crippen molar-refractivity contribution in [2.75, 3.05) is 4.90 Å². The number of Topliss-reactive ketones (excluding diaryl/α,β-unsaturated/α-hetero) is 1. The number of rotatable bonds is 5. The molecule has 0 bridgehead atoms. The third kappa shape index (κ3) is 3.44. The third-order valence-electron chi connectivity index (χ3n) is 5.24. The molecule has 1 amide bonds. The molecule has 0 saturated carbocycles. The lowest BCUT2D eigenvalue weighted by atomic mass is 9.93. The molecule has 1 atom stereocenters. The van der Waals surface area contributed by atoms with Gasteiger partial charge in [0.15, 0.2) is 5.76 Å². The fourth-order valence-corrected chi connectivity index (χ4v) is 4.33. The summed E-state index contributed by atoms with van der Waals surface area (Å²) in [6.07, 6.45) is 0. The van der Waals surface area contributed by atoms with E-state index in [4.69, 9.17) is 0 Å². The van der Waals surface area contributed by atoms with Crippen LogP contribution >= 0.6 is 11.3 Å². The van der Waals surface area contributed by atoms with Gasteiger partial charge in [0.2, 0.25) is 5.78 Å². The Morgan fingerprint density at radius 1 is 1.10 bits per heavy atom. The van der Waals surface area contributed by atoms with Crippen molar-refractivity contribution >= 4 is 28.8 Å². The van der Waals surface area contributed by atoms with E-state index in [9.17, 15) is 14.7 Å². The minimum absolute atomic E-state index is 0.0862. The van der Waals surface area contributed by atoms with E-state index in [0.29, 0.717) is 16.6 Å². The smallest absolute Gasteiger partial charge is 0.295 e. The maximum Gasteiger partial charge on any atom is 0.295 e. The summed E-state index contributed by atoms with van der Waals surface area (Å²) in [7, 11) is 0. The van der Waals surface area contributed by atoms with Gasteiger partial charge in [-0.05, 0) is 47.5 Å². The molecule has 1 N–H and O–H groups in total. The summed E-state index contributed by atoms with van der Waals surface area (Å²) in [5, 5.41) is 12.5. The molecule has 4 rings (SSSR count). The molecule has 0 unspecified atom stereocenters. The first-order chi connectivity index (χ1) is 14.4. The predicted molar refractivity (Wildman–Crippen MR) is 118 cm³/mol. The molecule has 0 radical (unpaired) electrons. The van der Waals surface area contributed by atoms with Gasteiger partial charge in [0.1, 0.15) is 5.82 Å². The number of nitrogens with zero attached hydrogens (tertiary/aromatic N) is 2. The molecule has 3 aromatic rings. The molecule has 1 aliphatic rings. The Hall–Kier alpha value is -3.25. The van der Waals surface area contributed by atoms with Crippen LogP contribution in [0.25, 0.3) is 0 Å². The van der Waals surface area contributed by atoms with Crippen LogP contribution in [-0.2, 0) is 4.79 Å². The second kappa shape index (κ2) is 7.88. The molecule has 5 nitrogen and oxygen atoms in total. The molecule has 30 heavy (non-hydrogen) atoms. The Balaban J connectivity index is 1.87. The Morgan fingerprint density at radius 2 is 1.83 bits per heavy atom. The van der Waals surface area contributed by atoms with Gasteiger partial charge in [-0.3, -0.25) is 14.5 Å². The van der Waals surface area contributed by atoms with E-state index in [2.05, 4.69) is 18.8 Å². The number of thiophene rings is 1. The summed E-state index contributed by atoms with van der Waals surface area (Å²) in [6.45, 7) is 6.05. The minimum Gasteiger partial charge on any atom is -0.503 e. The van der Waals surface area contributed by atoms with Gasteiger partial charge < -0.3 is 5.11 Å². The summed E-state index contributed by atoms with van der Waals surface area (Å²) < 4.78 is 0. The lowest BCUT2D eigenvalue weighted by molar-refractivity contribution is -0.117. The first-order valence-corrected chi connectivity index (χ1v) is 10.6. The molecule has 3 heterocycles. The summed E-state index contributed by atoms with van der Waals surface area (Å²) in [5.74, 6) is -0.724. The number of amides is 1. The van der Waals surface area contributed by atoms with Gasteiger partial charge in [0, 0.05) is 5.69 Å². The number of pyridine rings is 1. The first kappa shape index (κ1) is 20.0. The Labute approximate surface area is 179 Å². The summed E-state index contributed by atoms with van der Waals surface area (Å²) in [5.41, 5.74) is 2.73. The summed E-state index contributed by atoms with van der Waals surface area (Å²) in [4.78, 5) is 32.7. The van der Waals surface area contributed by atoms with E-state index in [1.165, 1.54) is 16.2 Å². The molecule has 1 aliphatic heterocycles. The monoisotopic (exact) mass is 418 g/mol. The molecule has 0 fully saturated rings. The topological polar surface area (TPSA) is 70.5 Å². The number of aromatic nitrogens is 1. The highest BCUT2D eigenvalue weighted by molar-refractivity contribution is 7.12. The van der Waals surface area contributed by atoms with Crippen molar-refractivity contribution in [3.63, 3.8) is 0 Å². The van der Waals surface area contributed by atoms with Crippen molar-refractivity contribution in [3.05, 3.63) is 93.0 Å². The lowest BCUT2D eigenvalue weighted by Crippen LogP contribution is -2.31. The predicted octanol–water partition coefficient (Wildman–Crippen LogP) is 5.36. The fraction of sp³-hybridized carbons (Fsp3) is 0.208. The molecular formula is C24H22N2O3S. The quantitative estimate of drug-likeness (QED) is 0.567. The lowest BCUT2D eigenvalue weighted by Gasteiger charge is -2.26. The van der Waals surface area contributed by atoms with Gasteiger partial charge in [0.05, 0.1) is 16.5 Å². The number of carbonyl (C=O) groups is 2. The zero-order valence-corrected chi connectivity index (χ0v) is 17.8. The van der Waals surface area contributed by atoms with Crippen LogP contribution in [0, 0.1) is 6.92 Å². The summed E-state index contributed by atoms with van der Waals surface area (Å²) >= 11 is 1.28. The van der Waals surface area contributed by atoms with Gasteiger partial charge in [-0.15, -0.1) is 11.3 Å². The van der Waals surface area contributed by atoms with Gasteiger partial charge in [-0.25, -0.2) is 4.98 Å². The van der Waals surface area contributed by atoms with Crippen LogP contribution in [0.2, 0.25) is 0 Å². The zero-order chi connectivity index (χ0) is 21.4. The average molecular weight is 419 g/mol. The third-order valence-corrected chi connectivity index (χ3v) is 6.11. The van der Waals surface area contributed by atoms with Crippen LogP contribution < -0.4 is 4.90 Å². The first-order valence-electron chi connectivity index (χ1n) is 9.77. The molecule has 0 spiro atoms. The Kier molecular flexibility index (Phi) is 5.26. The Morgan fingerprint density at radius 3 is 2.43 bits per heavy atom. The number of carbonyl (C=O) groups excluding carboxylic acids is 2. The number of ketones is 1. The molecule has 2 aromatic heterocycles. The highest BCUT2D eigenvalue weighted by Gasteiger charge is 2.45. The SMILES string of the molecule is Cc1cccc(N2C(=O)C(O)=C(C(=O)c3cccs3)[C@@H]2c2ccc(C(C)C)cc2)n1. The molecule has 152 valence electrons. The van der Waals surface area contributed by atoms with Crippen LogP contribution in [0.15, 0.2) is 71.3 Å². The van der Waals surface area contributed by atoms with E-state index in [1.807, 2.05) is 37.3 Å². The maximum absolute atomic E-state index is 13.3. The van der Waals surface area contributed by atoms with Crippen molar-refractivity contribution < 1.29 is 14.7 Å². The van der Waals surface area contributed by atoms with E-state index in [-0.39, 0.29) is 11.4 Å². The number of aliphatic hydroxyl groups excluding tert-OH is 1. The number of hydrogen-bond acceptors (Lipinski definition) is 5. The molecule has 1 aromatic carbocycles. The number of hydrogen-bond donors (Lipinski definition) is 1. The van der Waals surface area contributed by atoms with Crippen LogP contribution in [-0.4, -0.2) is 21.8 Å². The maximum atomic E-state index is 13.3. The van der Waals surface area contributed by atoms with Gasteiger partial charge in [0.25, 0.3) is 5.91 Å². The number of benzene rings is 1. The van der Waals surface area contributed by atoms with Gasteiger partial charge >= 0.3 is 0 Å². The van der Waals surface area contributed by atoms with Gasteiger partial charge in [-0.2, -0.15) is 0 Å². The molecule has 6 heteroatoms. The van der Waals surface area contributed by atoms with Crippen molar-refractivity contribution in [1.82, 2.24) is 4.98 Å². The van der Waals surface area contributed by atoms with Crippen LogP contribution in [0.5, 0.6) is 0 Å². The number of aryl methyl sites for hydroxylation is 1. The molecule has 0 aliphatic carbocycles. The second-order valence-electron chi connectivity index (χ2n) is 7.60. The van der Waals surface area contributed by atoms with Crippen molar-refractivity contribution in [3.8, 4) is 0 Å². The standard InChI is InChI=1S/C24H22N2O3S/c1-14(2)16-9-11-17(12-10-16)21-20(22(27)18-7-5-13-30-18)23(28)24(29)26(21)19-8-4-6-15(3)25-19/h4-14,21,28H,1-3H3/t21-/m0/s1. The van der Waals surface area contributed by atoms with Crippen LogP contribution in [0.1, 0.15) is 52.3 Å². The average Bonchev–Trinajstić information content (AvgIpc) is 3.35. The molecule has 0 saturated heterocycles. The van der Waals surface area contributed by atoms with Gasteiger partial charge in [-0.1, -0.05) is 50.2 Å². The minimum atomic E-state index is -0.748. The van der Waals surface area contributed by atoms with E-state index >= 15 is 0 Å². The van der Waals surface area contributed by atoms with Crippen molar-refractivity contribution in [2.45, 2.75) is 32.7 Å². The number of anilines is 1. The van der Waals surface area contributed by atoms with E-state index in [1.54, 1.807) is 29.6 Å². The largest absolute Gasteiger partial charge is 0.503 e. The summed E-state index contributed by atoms with van der Waals surface area (Å²) in [6, 6.07) is 15.9. The highest BCUT2D eigenvalue weighted by atomic mass is 32.1. The van der Waals surface area contributed by atoms with Crippen LogP contribution in [0.3, 0.4) is 0 Å². The zero-order valence-electron chi connectivity index (χ0n) is 17.0. The normalized spacial score (nSPS) is 16.6. The van der Waals surface area contributed by atoms with Crippen LogP contribution in [0.4, 0.5) is 5.82 Å². The fourth-order valence-electron chi connectivity index (χ4n) is 3.66. The number of aliphatic hydroxyl groups is 1. The molecular weight excluding hydrogens is 396 g/mol. The highest BCUT2D eigenvalue weighted by Crippen LogP contribution is 2.42. The van der Waals surface area contributed by atoms with E-state index in [0.717, 1.165) is 16.8 Å². The van der Waals surface area contributed by atoms with Crippen molar-refractivity contribution in [1.29, 1.82) is 0 Å².